The fourth-order valence-electron chi connectivity index (χ4n) is 4.54. The van der Waals surface area contributed by atoms with Crippen molar-refractivity contribution in [1.82, 2.24) is 9.80 Å². The number of carbonyl (C=O) groups is 3. The molecule has 2 atom stereocenters. The maximum absolute atomic E-state index is 12.7. The van der Waals surface area contributed by atoms with Crippen LogP contribution in [0.1, 0.15) is 19.3 Å². The highest BCUT2D eigenvalue weighted by Gasteiger charge is 2.47. The number of likely N-dealkylation sites (tertiary alicyclic amines) is 1. The summed E-state index contributed by atoms with van der Waals surface area (Å²) >= 11 is 0. The number of fused-ring (bicyclic) bond motifs is 1. The molecule has 2 aliphatic heterocycles. The Bertz CT molecular complexity index is 803. The Morgan fingerprint density at radius 3 is 2.24 bits per heavy atom. The molecule has 7 heteroatoms. The highest BCUT2D eigenvalue weighted by Crippen LogP contribution is 2.35. The Balaban J connectivity index is 1.29. The molecule has 3 amide bonds. The maximum atomic E-state index is 12.7. The largest absolute Gasteiger partial charge is 0.495 e. The molecule has 0 aromatic heterocycles. The minimum absolute atomic E-state index is 0.00160. The van der Waals surface area contributed by atoms with Crippen molar-refractivity contribution < 1.29 is 19.1 Å². The molecule has 29 heavy (non-hydrogen) atoms. The van der Waals surface area contributed by atoms with Gasteiger partial charge in [-0.3, -0.25) is 19.3 Å². The van der Waals surface area contributed by atoms with Crippen molar-refractivity contribution in [1.29, 1.82) is 0 Å². The van der Waals surface area contributed by atoms with E-state index in [4.69, 9.17) is 4.74 Å². The molecule has 154 valence electrons. The normalized spacial score (nSPS) is 24.1. The number of anilines is 1. The highest BCUT2D eigenvalue weighted by atomic mass is 16.5. The molecule has 1 aromatic carbocycles. The Morgan fingerprint density at radius 1 is 1.00 bits per heavy atom. The predicted octanol–water partition coefficient (Wildman–Crippen LogP) is 1.69. The minimum atomic E-state index is -0.230. The second-order valence-electron chi connectivity index (χ2n) is 7.77. The van der Waals surface area contributed by atoms with E-state index in [0.717, 1.165) is 24.5 Å². The Morgan fingerprint density at radius 2 is 1.62 bits per heavy atom. The number of carbonyl (C=O) groups excluding carboxylic acids is 3. The van der Waals surface area contributed by atoms with Crippen molar-refractivity contribution in [2.45, 2.75) is 19.3 Å². The van der Waals surface area contributed by atoms with Crippen molar-refractivity contribution in [3.05, 3.63) is 36.4 Å². The molecule has 2 fully saturated rings. The molecule has 1 aromatic rings. The molecule has 2 saturated heterocycles. The SMILES string of the molecule is COc1ccccc1N1CCN(C(=O)CCN2C(=O)[C@H]3CC=CC[C@H]3C2=O)CC1. The van der Waals surface area contributed by atoms with Crippen LogP contribution < -0.4 is 9.64 Å². The number of benzene rings is 1. The van der Waals surface area contributed by atoms with Gasteiger partial charge in [0.05, 0.1) is 24.6 Å². The highest BCUT2D eigenvalue weighted by molar-refractivity contribution is 6.05. The number of amides is 3. The lowest BCUT2D eigenvalue weighted by molar-refractivity contribution is -0.140. The lowest BCUT2D eigenvalue weighted by Crippen LogP contribution is -2.49. The summed E-state index contributed by atoms with van der Waals surface area (Å²) in [5.74, 6) is 0.142. The van der Waals surface area contributed by atoms with Crippen LogP contribution in [0.15, 0.2) is 36.4 Å². The van der Waals surface area contributed by atoms with Gasteiger partial charge in [-0.2, -0.15) is 0 Å². The molecule has 1 aliphatic carbocycles. The van der Waals surface area contributed by atoms with Gasteiger partial charge in [0.25, 0.3) is 0 Å². The monoisotopic (exact) mass is 397 g/mol. The Hall–Kier alpha value is -2.83. The van der Waals surface area contributed by atoms with Gasteiger partial charge in [-0.1, -0.05) is 24.3 Å². The quantitative estimate of drug-likeness (QED) is 0.559. The summed E-state index contributed by atoms with van der Waals surface area (Å²) < 4.78 is 5.43. The summed E-state index contributed by atoms with van der Waals surface area (Å²) in [6, 6.07) is 7.88. The van der Waals surface area contributed by atoms with Crippen molar-refractivity contribution in [2.75, 3.05) is 44.7 Å². The molecule has 0 spiro atoms. The maximum Gasteiger partial charge on any atom is 0.233 e. The fourth-order valence-corrected chi connectivity index (χ4v) is 4.54. The molecule has 0 saturated carbocycles. The van der Waals surface area contributed by atoms with Crippen LogP contribution in [0, 0.1) is 11.8 Å². The van der Waals surface area contributed by atoms with E-state index in [-0.39, 0.29) is 42.5 Å². The summed E-state index contributed by atoms with van der Waals surface area (Å²) in [4.78, 5) is 43.1. The number of imide groups is 1. The van der Waals surface area contributed by atoms with E-state index in [1.807, 2.05) is 41.3 Å². The molecular formula is C22H27N3O4. The van der Waals surface area contributed by atoms with Crippen LogP contribution in [0.2, 0.25) is 0 Å². The number of ether oxygens (including phenoxy) is 1. The van der Waals surface area contributed by atoms with Crippen LogP contribution in [0.25, 0.3) is 0 Å². The zero-order valence-electron chi connectivity index (χ0n) is 16.8. The first-order chi connectivity index (χ1) is 14.1. The second-order valence-corrected chi connectivity index (χ2v) is 7.77. The van der Waals surface area contributed by atoms with Gasteiger partial charge in [0.2, 0.25) is 17.7 Å². The van der Waals surface area contributed by atoms with Crippen LogP contribution >= 0.6 is 0 Å². The smallest absolute Gasteiger partial charge is 0.233 e. The third kappa shape index (κ3) is 3.73. The molecule has 2 heterocycles. The zero-order valence-corrected chi connectivity index (χ0v) is 16.8. The minimum Gasteiger partial charge on any atom is -0.495 e. The van der Waals surface area contributed by atoms with E-state index in [9.17, 15) is 14.4 Å². The molecule has 4 rings (SSSR count). The van der Waals surface area contributed by atoms with Gasteiger partial charge in [0.15, 0.2) is 0 Å². The Kier molecular flexibility index (Phi) is 5.56. The van der Waals surface area contributed by atoms with Gasteiger partial charge in [-0.15, -0.1) is 0 Å². The van der Waals surface area contributed by atoms with E-state index < -0.39 is 0 Å². The van der Waals surface area contributed by atoms with E-state index in [1.54, 1.807) is 7.11 Å². The number of nitrogens with zero attached hydrogens (tertiary/aromatic N) is 3. The van der Waals surface area contributed by atoms with Crippen molar-refractivity contribution in [3.8, 4) is 5.75 Å². The van der Waals surface area contributed by atoms with Gasteiger partial charge < -0.3 is 14.5 Å². The molecule has 7 nitrogen and oxygen atoms in total. The third-order valence-electron chi connectivity index (χ3n) is 6.21. The predicted molar refractivity (Wildman–Crippen MR) is 108 cm³/mol. The van der Waals surface area contributed by atoms with Crippen LogP contribution in [-0.2, 0) is 14.4 Å². The van der Waals surface area contributed by atoms with Gasteiger partial charge in [-0.05, 0) is 25.0 Å². The first-order valence-corrected chi connectivity index (χ1v) is 10.3. The van der Waals surface area contributed by atoms with Gasteiger partial charge in [0.1, 0.15) is 5.75 Å². The number of hydrogen-bond acceptors (Lipinski definition) is 5. The summed E-state index contributed by atoms with van der Waals surface area (Å²) in [6.07, 6.45) is 5.40. The Labute approximate surface area is 170 Å². The van der Waals surface area contributed by atoms with Crippen LogP contribution in [0.5, 0.6) is 5.75 Å². The average molecular weight is 397 g/mol. The number of allylic oxidation sites excluding steroid dienone is 2. The van der Waals surface area contributed by atoms with E-state index in [0.29, 0.717) is 25.9 Å². The topological polar surface area (TPSA) is 70.2 Å². The lowest BCUT2D eigenvalue weighted by Gasteiger charge is -2.36. The average Bonchev–Trinajstić information content (AvgIpc) is 3.02. The van der Waals surface area contributed by atoms with Crippen molar-refractivity contribution in [3.63, 3.8) is 0 Å². The van der Waals surface area contributed by atoms with Crippen LogP contribution in [0.3, 0.4) is 0 Å². The summed E-state index contributed by atoms with van der Waals surface area (Å²) in [5, 5.41) is 0. The van der Waals surface area contributed by atoms with Gasteiger partial charge in [0, 0.05) is 39.1 Å². The number of rotatable bonds is 5. The lowest BCUT2D eigenvalue weighted by atomic mass is 9.85. The van der Waals surface area contributed by atoms with Crippen molar-refractivity contribution >= 4 is 23.4 Å². The molecule has 3 aliphatic rings. The molecule has 0 N–H and O–H groups in total. The number of piperazine rings is 1. The van der Waals surface area contributed by atoms with Gasteiger partial charge >= 0.3 is 0 Å². The molecule has 0 radical (unpaired) electrons. The first kappa shape index (κ1) is 19.5. The molecule has 0 unspecified atom stereocenters. The number of para-hydroxylation sites is 2. The second kappa shape index (κ2) is 8.27. The number of hydrogen-bond donors (Lipinski definition) is 0. The van der Waals surface area contributed by atoms with Crippen LogP contribution in [0.4, 0.5) is 5.69 Å². The fraction of sp³-hybridized carbons (Fsp3) is 0.500. The molecule has 0 bridgehead atoms. The standard InChI is InChI=1S/C22H27N3O4/c1-29-19-9-5-4-8-18(19)23-12-14-24(15-13-23)20(26)10-11-25-21(27)16-6-2-3-7-17(16)22(25)28/h2-5,8-9,16-17H,6-7,10-15H2,1H3/t16-,17+. The summed E-state index contributed by atoms with van der Waals surface area (Å²) in [7, 11) is 1.66. The number of methoxy groups -OCH3 is 1. The van der Waals surface area contributed by atoms with E-state index in [2.05, 4.69) is 4.90 Å². The van der Waals surface area contributed by atoms with Crippen molar-refractivity contribution in [2.24, 2.45) is 11.8 Å². The molecular weight excluding hydrogens is 370 g/mol. The first-order valence-electron chi connectivity index (χ1n) is 10.3. The van der Waals surface area contributed by atoms with Gasteiger partial charge in [-0.25, -0.2) is 0 Å². The zero-order chi connectivity index (χ0) is 20.4. The summed E-state index contributed by atoms with van der Waals surface area (Å²) in [5.41, 5.74) is 1.03. The van der Waals surface area contributed by atoms with Crippen LogP contribution in [-0.4, -0.2) is 67.4 Å². The summed E-state index contributed by atoms with van der Waals surface area (Å²) in [6.45, 7) is 2.88. The van der Waals surface area contributed by atoms with E-state index in [1.165, 1.54) is 4.90 Å². The van der Waals surface area contributed by atoms with E-state index >= 15 is 0 Å². The third-order valence-corrected chi connectivity index (χ3v) is 6.21.